The van der Waals surface area contributed by atoms with E-state index in [-0.39, 0.29) is 18.5 Å². The van der Waals surface area contributed by atoms with Gasteiger partial charge in [-0.1, -0.05) is 26.2 Å². The Labute approximate surface area is 110 Å². The Kier molecular flexibility index (Phi) is 8.37. The smallest absolute Gasteiger partial charge is 0.320 e. The van der Waals surface area contributed by atoms with Crippen LogP contribution in [0.2, 0.25) is 0 Å². The van der Waals surface area contributed by atoms with E-state index >= 15 is 0 Å². The summed E-state index contributed by atoms with van der Waals surface area (Å²) >= 11 is 0. The first-order valence-corrected chi connectivity index (χ1v) is 6.60. The van der Waals surface area contributed by atoms with Gasteiger partial charge in [0.1, 0.15) is 6.04 Å². The van der Waals surface area contributed by atoms with Crippen LogP contribution in [-0.2, 0) is 9.59 Å². The summed E-state index contributed by atoms with van der Waals surface area (Å²) < 4.78 is 0. The third-order valence-electron chi connectivity index (χ3n) is 3.06. The number of nitrogens with one attached hydrogen (secondary N) is 1. The van der Waals surface area contributed by atoms with E-state index in [0.29, 0.717) is 0 Å². The summed E-state index contributed by atoms with van der Waals surface area (Å²) in [5.41, 5.74) is 0. The van der Waals surface area contributed by atoms with Gasteiger partial charge in [0.05, 0.1) is 6.54 Å². The summed E-state index contributed by atoms with van der Waals surface area (Å²) in [7, 11) is 1.64. The van der Waals surface area contributed by atoms with E-state index in [9.17, 15) is 9.59 Å². The molecule has 0 fully saturated rings. The highest BCUT2D eigenvalue weighted by Gasteiger charge is 2.19. The minimum atomic E-state index is -0.915. The Morgan fingerprint density at radius 2 is 1.89 bits per heavy atom. The predicted octanol–water partition coefficient (Wildman–Crippen LogP) is 1.48. The molecule has 18 heavy (non-hydrogen) atoms. The van der Waals surface area contributed by atoms with Gasteiger partial charge >= 0.3 is 5.97 Å². The van der Waals surface area contributed by atoms with Gasteiger partial charge in [0.25, 0.3) is 0 Å². The summed E-state index contributed by atoms with van der Waals surface area (Å²) in [5.74, 6) is -1.03. The minimum Gasteiger partial charge on any atom is -0.480 e. The van der Waals surface area contributed by atoms with Crippen molar-refractivity contribution < 1.29 is 14.7 Å². The van der Waals surface area contributed by atoms with Crippen LogP contribution in [0.25, 0.3) is 0 Å². The molecule has 106 valence electrons. The molecule has 5 nitrogen and oxygen atoms in total. The SMILES string of the molecule is CCCCCC(C)NC(=O)CN(C)C(C)C(=O)O. The summed E-state index contributed by atoms with van der Waals surface area (Å²) in [4.78, 5) is 23.9. The normalized spacial score (nSPS) is 14.3. The molecule has 0 aliphatic carbocycles. The van der Waals surface area contributed by atoms with Crippen molar-refractivity contribution in [2.75, 3.05) is 13.6 Å². The fourth-order valence-electron chi connectivity index (χ4n) is 1.65. The van der Waals surface area contributed by atoms with Crippen molar-refractivity contribution in [2.24, 2.45) is 0 Å². The molecule has 2 N–H and O–H groups in total. The van der Waals surface area contributed by atoms with Gasteiger partial charge in [0.2, 0.25) is 5.91 Å². The highest BCUT2D eigenvalue weighted by molar-refractivity contribution is 5.79. The number of carbonyl (C=O) groups excluding carboxylic acids is 1. The number of nitrogens with zero attached hydrogens (tertiary/aromatic N) is 1. The lowest BCUT2D eigenvalue weighted by Crippen LogP contribution is -2.44. The quantitative estimate of drug-likeness (QED) is 0.615. The first kappa shape index (κ1) is 16.9. The molecule has 0 radical (unpaired) electrons. The second-order valence-electron chi connectivity index (χ2n) is 4.89. The van der Waals surface area contributed by atoms with Crippen LogP contribution in [0.15, 0.2) is 0 Å². The van der Waals surface area contributed by atoms with Gasteiger partial charge in [-0.3, -0.25) is 14.5 Å². The molecule has 0 spiro atoms. The minimum absolute atomic E-state index is 0.116. The van der Waals surface area contributed by atoms with Crippen molar-refractivity contribution in [3.63, 3.8) is 0 Å². The standard InChI is InChI=1S/C13H26N2O3/c1-5-6-7-8-10(2)14-12(16)9-15(4)11(3)13(17)18/h10-11H,5-9H2,1-4H3,(H,14,16)(H,17,18). The molecule has 0 aliphatic heterocycles. The zero-order chi connectivity index (χ0) is 14.1. The lowest BCUT2D eigenvalue weighted by Gasteiger charge is -2.22. The monoisotopic (exact) mass is 258 g/mol. The molecule has 2 unspecified atom stereocenters. The van der Waals surface area contributed by atoms with Crippen molar-refractivity contribution >= 4 is 11.9 Å². The molecule has 0 aliphatic rings. The summed E-state index contributed by atoms with van der Waals surface area (Å²) in [6.07, 6.45) is 4.42. The molecular weight excluding hydrogens is 232 g/mol. The maximum absolute atomic E-state index is 11.7. The van der Waals surface area contributed by atoms with Crippen LogP contribution in [0, 0.1) is 0 Å². The summed E-state index contributed by atoms with van der Waals surface area (Å²) in [5, 5.41) is 11.7. The third-order valence-corrected chi connectivity index (χ3v) is 3.06. The molecule has 0 heterocycles. The number of amides is 1. The Morgan fingerprint density at radius 3 is 2.39 bits per heavy atom. The van der Waals surface area contributed by atoms with Crippen LogP contribution >= 0.6 is 0 Å². The molecule has 0 rings (SSSR count). The highest BCUT2D eigenvalue weighted by atomic mass is 16.4. The van der Waals surface area contributed by atoms with Crippen LogP contribution in [0.5, 0.6) is 0 Å². The van der Waals surface area contributed by atoms with Crippen LogP contribution < -0.4 is 5.32 Å². The average molecular weight is 258 g/mol. The van der Waals surface area contributed by atoms with Crippen molar-refractivity contribution in [1.29, 1.82) is 0 Å². The lowest BCUT2D eigenvalue weighted by atomic mass is 10.1. The molecule has 0 bridgehead atoms. The maximum atomic E-state index is 11.7. The van der Waals surface area contributed by atoms with E-state index in [1.54, 1.807) is 14.0 Å². The second kappa shape index (κ2) is 8.91. The van der Waals surface area contributed by atoms with E-state index in [4.69, 9.17) is 5.11 Å². The molecule has 1 amide bonds. The van der Waals surface area contributed by atoms with E-state index in [0.717, 1.165) is 12.8 Å². The van der Waals surface area contributed by atoms with Crippen LogP contribution in [0.3, 0.4) is 0 Å². The number of aliphatic carboxylic acids is 1. The number of hydrogen-bond donors (Lipinski definition) is 2. The number of carboxylic acids is 1. The van der Waals surface area contributed by atoms with Crippen molar-refractivity contribution in [1.82, 2.24) is 10.2 Å². The molecule has 2 atom stereocenters. The zero-order valence-corrected chi connectivity index (χ0v) is 11.9. The summed E-state index contributed by atoms with van der Waals surface area (Å²) in [6, 6.07) is -0.497. The van der Waals surface area contributed by atoms with Gasteiger partial charge in [-0.25, -0.2) is 0 Å². The lowest BCUT2D eigenvalue weighted by molar-refractivity contribution is -0.142. The van der Waals surface area contributed by atoms with E-state index in [2.05, 4.69) is 12.2 Å². The van der Waals surface area contributed by atoms with Gasteiger partial charge < -0.3 is 10.4 Å². The Balaban J connectivity index is 3.92. The van der Waals surface area contributed by atoms with Crippen molar-refractivity contribution in [3.05, 3.63) is 0 Å². The molecule has 0 aromatic heterocycles. The number of likely N-dealkylation sites (N-methyl/N-ethyl adjacent to an activating group) is 1. The number of hydrogen-bond acceptors (Lipinski definition) is 3. The molecular formula is C13H26N2O3. The Morgan fingerprint density at radius 1 is 1.28 bits per heavy atom. The van der Waals surface area contributed by atoms with Crippen LogP contribution in [-0.4, -0.2) is 47.6 Å². The number of rotatable bonds is 9. The molecule has 0 saturated heterocycles. The van der Waals surface area contributed by atoms with E-state index in [1.807, 2.05) is 6.92 Å². The number of carbonyl (C=O) groups is 2. The van der Waals surface area contributed by atoms with Gasteiger partial charge in [0.15, 0.2) is 0 Å². The fraction of sp³-hybridized carbons (Fsp3) is 0.846. The molecule has 0 saturated carbocycles. The van der Waals surface area contributed by atoms with Gasteiger partial charge in [-0.05, 0) is 27.3 Å². The molecule has 0 aromatic carbocycles. The predicted molar refractivity (Wildman–Crippen MR) is 71.5 cm³/mol. The second-order valence-corrected chi connectivity index (χ2v) is 4.89. The first-order valence-electron chi connectivity index (χ1n) is 6.60. The summed E-state index contributed by atoms with van der Waals surface area (Å²) in [6.45, 7) is 5.81. The highest BCUT2D eigenvalue weighted by Crippen LogP contribution is 2.03. The van der Waals surface area contributed by atoms with E-state index in [1.165, 1.54) is 17.7 Å². The topological polar surface area (TPSA) is 69.6 Å². The Bertz CT molecular complexity index is 269. The van der Waals surface area contributed by atoms with Crippen LogP contribution in [0.4, 0.5) is 0 Å². The number of unbranched alkanes of at least 4 members (excludes halogenated alkanes) is 2. The van der Waals surface area contributed by atoms with Gasteiger partial charge in [-0.2, -0.15) is 0 Å². The molecule has 5 heteroatoms. The number of carboxylic acid groups (broad SMARTS) is 1. The third kappa shape index (κ3) is 7.27. The van der Waals surface area contributed by atoms with Crippen molar-refractivity contribution in [3.8, 4) is 0 Å². The zero-order valence-electron chi connectivity index (χ0n) is 11.9. The van der Waals surface area contributed by atoms with Crippen molar-refractivity contribution in [2.45, 2.75) is 58.5 Å². The first-order chi connectivity index (χ1) is 8.38. The average Bonchev–Trinajstić information content (AvgIpc) is 2.27. The molecule has 0 aromatic rings. The van der Waals surface area contributed by atoms with Gasteiger partial charge in [0, 0.05) is 6.04 Å². The van der Waals surface area contributed by atoms with E-state index < -0.39 is 12.0 Å². The maximum Gasteiger partial charge on any atom is 0.320 e. The largest absolute Gasteiger partial charge is 0.480 e. The Hall–Kier alpha value is -1.10. The van der Waals surface area contributed by atoms with Crippen LogP contribution in [0.1, 0.15) is 46.5 Å². The fourth-order valence-corrected chi connectivity index (χ4v) is 1.65. The van der Waals surface area contributed by atoms with Gasteiger partial charge in [-0.15, -0.1) is 0 Å².